The van der Waals surface area contributed by atoms with E-state index in [1.165, 1.54) is 20.4 Å². The van der Waals surface area contributed by atoms with Crippen molar-refractivity contribution in [3.8, 4) is 5.75 Å². The first-order chi connectivity index (χ1) is 10.6. The average Bonchev–Trinajstić information content (AvgIpc) is 2.98. The Bertz CT molecular complexity index is 655. The summed E-state index contributed by atoms with van der Waals surface area (Å²) >= 11 is 0. The molecule has 0 radical (unpaired) electrons. The lowest BCUT2D eigenvalue weighted by Gasteiger charge is -2.12. The molecule has 1 aromatic carbocycles. The number of anilines is 2. The molecule has 0 aliphatic carbocycles. The van der Waals surface area contributed by atoms with Crippen LogP contribution in [-0.4, -0.2) is 33.7 Å². The maximum Gasteiger partial charge on any atom is 0.226 e. The highest BCUT2D eigenvalue weighted by Crippen LogP contribution is 2.28. The number of amides is 2. The van der Waals surface area contributed by atoms with Crippen LogP contribution < -0.4 is 15.4 Å². The van der Waals surface area contributed by atoms with Crippen molar-refractivity contribution in [3.05, 3.63) is 30.9 Å². The zero-order valence-corrected chi connectivity index (χ0v) is 12.4. The molecule has 2 amide bonds. The number of benzene rings is 1. The van der Waals surface area contributed by atoms with Crippen LogP contribution in [0.2, 0.25) is 0 Å². The summed E-state index contributed by atoms with van der Waals surface area (Å²) in [5, 5.41) is 9.35. The largest absolute Gasteiger partial charge is 0.495 e. The van der Waals surface area contributed by atoms with Crippen molar-refractivity contribution in [2.24, 2.45) is 0 Å². The summed E-state index contributed by atoms with van der Waals surface area (Å²) in [6, 6.07) is 5.03. The Balaban J connectivity index is 2.02. The third-order valence-corrected chi connectivity index (χ3v) is 2.83. The summed E-state index contributed by atoms with van der Waals surface area (Å²) in [5.41, 5.74) is 1.08. The summed E-state index contributed by atoms with van der Waals surface area (Å²) in [5.74, 6) is 0.144. The molecule has 2 N–H and O–H groups in total. The molecule has 8 nitrogen and oxygen atoms in total. The molecule has 0 bridgehead atoms. The highest BCUT2D eigenvalue weighted by atomic mass is 16.5. The number of hydrogen-bond acceptors (Lipinski definition) is 5. The normalized spacial score (nSPS) is 10.1. The van der Waals surface area contributed by atoms with Crippen molar-refractivity contribution in [3.63, 3.8) is 0 Å². The Hall–Kier alpha value is -2.90. The molecule has 0 unspecified atom stereocenters. The van der Waals surface area contributed by atoms with Gasteiger partial charge in [-0.15, -0.1) is 0 Å². The zero-order valence-electron chi connectivity index (χ0n) is 12.4. The highest BCUT2D eigenvalue weighted by molar-refractivity contribution is 5.94. The van der Waals surface area contributed by atoms with Gasteiger partial charge in [-0.2, -0.15) is 5.10 Å². The topological polar surface area (TPSA) is 98.1 Å². The quantitative estimate of drug-likeness (QED) is 0.837. The highest BCUT2D eigenvalue weighted by Gasteiger charge is 2.09. The smallest absolute Gasteiger partial charge is 0.226 e. The van der Waals surface area contributed by atoms with Crippen molar-refractivity contribution >= 4 is 23.2 Å². The van der Waals surface area contributed by atoms with Gasteiger partial charge in [0.1, 0.15) is 18.4 Å². The third-order valence-electron chi connectivity index (χ3n) is 2.83. The van der Waals surface area contributed by atoms with Gasteiger partial charge in [0.05, 0.1) is 19.3 Å². The van der Waals surface area contributed by atoms with Gasteiger partial charge >= 0.3 is 0 Å². The van der Waals surface area contributed by atoms with Crippen molar-refractivity contribution in [1.82, 2.24) is 14.8 Å². The first-order valence-corrected chi connectivity index (χ1v) is 6.66. The molecule has 0 saturated heterocycles. The number of rotatable bonds is 6. The molecule has 0 spiro atoms. The van der Waals surface area contributed by atoms with Crippen LogP contribution in [0, 0.1) is 0 Å². The van der Waals surface area contributed by atoms with Gasteiger partial charge in [0.25, 0.3) is 0 Å². The zero-order chi connectivity index (χ0) is 15.9. The number of methoxy groups -OCH3 is 1. The van der Waals surface area contributed by atoms with Gasteiger partial charge < -0.3 is 15.4 Å². The Morgan fingerprint density at radius 3 is 2.77 bits per heavy atom. The fourth-order valence-electron chi connectivity index (χ4n) is 1.86. The van der Waals surface area contributed by atoms with E-state index in [4.69, 9.17) is 4.74 Å². The van der Waals surface area contributed by atoms with E-state index in [2.05, 4.69) is 20.7 Å². The Morgan fingerprint density at radius 2 is 2.14 bits per heavy atom. The van der Waals surface area contributed by atoms with Gasteiger partial charge in [0.2, 0.25) is 11.8 Å². The van der Waals surface area contributed by atoms with E-state index in [9.17, 15) is 9.59 Å². The fraction of sp³-hybridized carbons (Fsp3) is 0.286. The number of carbonyl (C=O) groups excluding carboxylic acids is 2. The lowest BCUT2D eigenvalue weighted by Crippen LogP contribution is -2.15. The fourth-order valence-corrected chi connectivity index (χ4v) is 1.86. The molecule has 0 aliphatic rings. The summed E-state index contributed by atoms with van der Waals surface area (Å²) in [6.07, 6.45) is 3.21. The molecule has 2 rings (SSSR count). The van der Waals surface area contributed by atoms with Crippen molar-refractivity contribution in [2.75, 3.05) is 17.7 Å². The molecule has 1 aromatic heterocycles. The van der Waals surface area contributed by atoms with Crippen LogP contribution in [0.25, 0.3) is 0 Å². The Kier molecular flexibility index (Phi) is 5.07. The van der Waals surface area contributed by atoms with Gasteiger partial charge in [-0.3, -0.25) is 14.3 Å². The molecule has 0 fully saturated rings. The summed E-state index contributed by atoms with van der Waals surface area (Å²) in [6.45, 7) is 1.85. The van der Waals surface area contributed by atoms with Crippen LogP contribution in [0.1, 0.15) is 13.3 Å². The molecular weight excluding hydrogens is 286 g/mol. The standard InChI is InChI=1S/C14H17N5O3/c1-10(20)17-11-3-4-13(22-2)12(7-11)18-14(21)5-6-19-9-15-8-16-19/h3-4,7-9H,5-6H2,1-2H3,(H,17,20)(H,18,21). The Labute approximate surface area is 127 Å². The molecule has 116 valence electrons. The number of aryl methyl sites for hydroxylation is 1. The minimum Gasteiger partial charge on any atom is -0.495 e. The molecule has 8 heteroatoms. The summed E-state index contributed by atoms with van der Waals surface area (Å²) in [4.78, 5) is 26.9. The summed E-state index contributed by atoms with van der Waals surface area (Å²) < 4.78 is 6.78. The van der Waals surface area contributed by atoms with Crippen LogP contribution >= 0.6 is 0 Å². The maximum absolute atomic E-state index is 12.0. The Morgan fingerprint density at radius 1 is 1.32 bits per heavy atom. The third kappa shape index (κ3) is 4.30. The van der Waals surface area contributed by atoms with Gasteiger partial charge in [0, 0.05) is 19.0 Å². The van der Waals surface area contributed by atoms with E-state index in [0.29, 0.717) is 23.7 Å². The first-order valence-electron chi connectivity index (χ1n) is 6.66. The predicted molar refractivity (Wildman–Crippen MR) is 80.6 cm³/mol. The van der Waals surface area contributed by atoms with Crippen LogP contribution in [0.5, 0.6) is 5.75 Å². The van der Waals surface area contributed by atoms with Gasteiger partial charge in [-0.1, -0.05) is 0 Å². The van der Waals surface area contributed by atoms with E-state index < -0.39 is 0 Å². The van der Waals surface area contributed by atoms with Crippen LogP contribution in [-0.2, 0) is 16.1 Å². The number of aromatic nitrogens is 3. The number of nitrogens with zero attached hydrogens (tertiary/aromatic N) is 3. The molecular formula is C14H17N5O3. The predicted octanol–water partition coefficient (Wildman–Crippen LogP) is 1.27. The molecule has 0 aliphatic heterocycles. The van der Waals surface area contributed by atoms with E-state index in [1.807, 2.05) is 0 Å². The number of carbonyl (C=O) groups is 2. The maximum atomic E-state index is 12.0. The van der Waals surface area contributed by atoms with Crippen LogP contribution in [0.4, 0.5) is 11.4 Å². The number of ether oxygens (including phenoxy) is 1. The SMILES string of the molecule is COc1ccc(NC(C)=O)cc1NC(=O)CCn1cncn1. The minimum atomic E-state index is -0.186. The summed E-state index contributed by atoms with van der Waals surface area (Å²) in [7, 11) is 1.51. The van der Waals surface area contributed by atoms with Crippen LogP contribution in [0.15, 0.2) is 30.9 Å². The average molecular weight is 303 g/mol. The minimum absolute atomic E-state index is 0.186. The lowest BCUT2D eigenvalue weighted by molar-refractivity contribution is -0.116. The second kappa shape index (κ2) is 7.21. The van der Waals surface area contributed by atoms with Crippen molar-refractivity contribution in [1.29, 1.82) is 0 Å². The number of hydrogen-bond donors (Lipinski definition) is 2. The monoisotopic (exact) mass is 303 g/mol. The second-order valence-corrected chi connectivity index (χ2v) is 4.55. The molecule has 0 atom stereocenters. The van der Waals surface area contributed by atoms with E-state index in [-0.39, 0.29) is 18.2 Å². The molecule has 22 heavy (non-hydrogen) atoms. The first kappa shape index (κ1) is 15.5. The van der Waals surface area contributed by atoms with E-state index >= 15 is 0 Å². The van der Waals surface area contributed by atoms with E-state index in [1.54, 1.807) is 29.2 Å². The molecule has 0 saturated carbocycles. The van der Waals surface area contributed by atoms with E-state index in [0.717, 1.165) is 0 Å². The van der Waals surface area contributed by atoms with Gasteiger partial charge in [-0.05, 0) is 18.2 Å². The van der Waals surface area contributed by atoms with Crippen LogP contribution in [0.3, 0.4) is 0 Å². The lowest BCUT2D eigenvalue weighted by atomic mass is 10.2. The van der Waals surface area contributed by atoms with Crippen molar-refractivity contribution < 1.29 is 14.3 Å². The second-order valence-electron chi connectivity index (χ2n) is 4.55. The molecule has 1 heterocycles. The van der Waals surface area contributed by atoms with Gasteiger partial charge in [0.15, 0.2) is 0 Å². The van der Waals surface area contributed by atoms with Crippen molar-refractivity contribution in [2.45, 2.75) is 19.9 Å². The van der Waals surface area contributed by atoms with Gasteiger partial charge in [-0.25, -0.2) is 4.98 Å². The molecule has 2 aromatic rings. The number of nitrogens with one attached hydrogen (secondary N) is 2.